The van der Waals surface area contributed by atoms with Gasteiger partial charge in [0.15, 0.2) is 0 Å². The molecule has 0 spiro atoms. The van der Waals surface area contributed by atoms with Crippen molar-refractivity contribution in [1.29, 1.82) is 0 Å². The molecule has 0 saturated carbocycles. The molecule has 0 atom stereocenters. The Labute approximate surface area is 152 Å². The van der Waals surface area contributed by atoms with Crippen LogP contribution in [0.1, 0.15) is 5.76 Å². The molecule has 3 aromatic rings. The van der Waals surface area contributed by atoms with Crippen LogP contribution in [0.3, 0.4) is 0 Å². The van der Waals surface area contributed by atoms with E-state index in [9.17, 15) is 0 Å². The van der Waals surface area contributed by atoms with E-state index in [1.54, 1.807) is 7.11 Å². The van der Waals surface area contributed by atoms with Gasteiger partial charge in [0.1, 0.15) is 17.1 Å². The molecule has 0 unspecified atom stereocenters. The van der Waals surface area contributed by atoms with Crippen LogP contribution in [0.15, 0.2) is 52.9 Å². The molecule has 0 bridgehead atoms. The number of ether oxygens (including phenoxy) is 1. The molecule has 0 aliphatic carbocycles. The number of piperazine rings is 1. The number of fused-ring (bicyclic) bond motifs is 1. The van der Waals surface area contributed by atoms with Crippen LogP contribution >= 0.6 is 11.6 Å². The lowest BCUT2D eigenvalue weighted by molar-refractivity contribution is 0.233. The van der Waals surface area contributed by atoms with Crippen molar-refractivity contribution in [2.75, 3.05) is 38.2 Å². The Morgan fingerprint density at radius 1 is 1.00 bits per heavy atom. The second-order valence-electron chi connectivity index (χ2n) is 6.36. The maximum atomic E-state index is 5.97. The molecule has 1 fully saturated rings. The van der Waals surface area contributed by atoms with E-state index in [1.165, 1.54) is 5.69 Å². The van der Waals surface area contributed by atoms with Crippen molar-refractivity contribution in [2.45, 2.75) is 6.54 Å². The van der Waals surface area contributed by atoms with E-state index in [-0.39, 0.29) is 0 Å². The maximum absolute atomic E-state index is 5.97. The van der Waals surface area contributed by atoms with Gasteiger partial charge in [0.25, 0.3) is 0 Å². The first kappa shape index (κ1) is 16.3. The number of nitrogens with zero attached hydrogens (tertiary/aromatic N) is 2. The van der Waals surface area contributed by atoms with Gasteiger partial charge >= 0.3 is 0 Å². The van der Waals surface area contributed by atoms with Gasteiger partial charge in [-0.25, -0.2) is 0 Å². The van der Waals surface area contributed by atoms with Crippen molar-refractivity contribution in [3.63, 3.8) is 0 Å². The van der Waals surface area contributed by atoms with Crippen molar-refractivity contribution in [2.24, 2.45) is 0 Å². The van der Waals surface area contributed by atoms with Gasteiger partial charge in [0.05, 0.1) is 13.7 Å². The number of furan rings is 1. The van der Waals surface area contributed by atoms with Gasteiger partial charge in [0, 0.05) is 42.3 Å². The predicted octanol–water partition coefficient (Wildman–Crippen LogP) is 4.42. The van der Waals surface area contributed by atoms with Crippen molar-refractivity contribution in [3.05, 3.63) is 59.3 Å². The lowest BCUT2D eigenvalue weighted by Crippen LogP contribution is -2.45. The zero-order valence-corrected chi connectivity index (χ0v) is 15.0. The van der Waals surface area contributed by atoms with Gasteiger partial charge in [-0.05, 0) is 48.5 Å². The number of anilines is 1. The largest absolute Gasteiger partial charge is 0.497 e. The van der Waals surface area contributed by atoms with Gasteiger partial charge < -0.3 is 14.1 Å². The summed E-state index contributed by atoms with van der Waals surface area (Å²) in [6.07, 6.45) is 0. The second-order valence-corrected chi connectivity index (χ2v) is 6.79. The minimum absolute atomic E-state index is 0.781. The molecule has 1 aliphatic heterocycles. The van der Waals surface area contributed by atoms with Gasteiger partial charge in [-0.2, -0.15) is 0 Å². The van der Waals surface area contributed by atoms with Crippen LogP contribution in [-0.4, -0.2) is 38.2 Å². The summed E-state index contributed by atoms with van der Waals surface area (Å²) in [6.45, 7) is 4.89. The van der Waals surface area contributed by atoms with Gasteiger partial charge in [0.2, 0.25) is 0 Å². The molecule has 0 amide bonds. The summed E-state index contributed by atoms with van der Waals surface area (Å²) in [5.74, 6) is 1.86. The summed E-state index contributed by atoms with van der Waals surface area (Å²) in [4.78, 5) is 4.83. The fourth-order valence-corrected chi connectivity index (χ4v) is 3.44. The SMILES string of the molecule is COc1ccc2oc(CN3CCN(c4ccc(Cl)cc4)CC3)cc2c1. The molecule has 4 rings (SSSR count). The van der Waals surface area contributed by atoms with Crippen molar-refractivity contribution < 1.29 is 9.15 Å². The number of hydrogen-bond acceptors (Lipinski definition) is 4. The lowest BCUT2D eigenvalue weighted by atomic mass is 10.2. The molecule has 0 N–H and O–H groups in total. The number of hydrogen-bond donors (Lipinski definition) is 0. The van der Waals surface area contributed by atoms with Crippen molar-refractivity contribution in [3.8, 4) is 5.75 Å². The first-order valence-corrected chi connectivity index (χ1v) is 8.88. The summed E-state index contributed by atoms with van der Waals surface area (Å²) < 4.78 is 11.2. The van der Waals surface area contributed by atoms with Gasteiger partial charge in [-0.3, -0.25) is 4.90 Å². The Morgan fingerprint density at radius 2 is 1.76 bits per heavy atom. The highest BCUT2D eigenvalue weighted by molar-refractivity contribution is 6.30. The molecule has 0 radical (unpaired) electrons. The van der Waals surface area contributed by atoms with E-state index in [4.69, 9.17) is 20.8 Å². The Bertz CT molecular complexity index is 852. The van der Waals surface area contributed by atoms with Crippen LogP contribution in [0.2, 0.25) is 5.02 Å². The summed E-state index contributed by atoms with van der Waals surface area (Å²) >= 11 is 5.97. The van der Waals surface area contributed by atoms with E-state index >= 15 is 0 Å². The molecule has 1 aromatic heterocycles. The Morgan fingerprint density at radius 3 is 2.48 bits per heavy atom. The predicted molar refractivity (Wildman–Crippen MR) is 102 cm³/mol. The molecule has 2 heterocycles. The Kier molecular flexibility index (Phi) is 4.55. The number of halogens is 1. The summed E-state index contributed by atoms with van der Waals surface area (Å²) in [5.41, 5.74) is 2.15. The highest BCUT2D eigenvalue weighted by atomic mass is 35.5. The highest BCUT2D eigenvalue weighted by Crippen LogP contribution is 2.25. The van der Waals surface area contributed by atoms with Gasteiger partial charge in [-0.1, -0.05) is 11.6 Å². The van der Waals surface area contributed by atoms with E-state index in [0.29, 0.717) is 0 Å². The quantitative estimate of drug-likeness (QED) is 0.692. The Hall–Kier alpha value is -2.17. The molecule has 25 heavy (non-hydrogen) atoms. The standard InChI is InChI=1S/C20H21ClN2O2/c1-24-18-6-7-20-15(12-18)13-19(25-20)14-22-8-10-23(11-9-22)17-4-2-16(21)3-5-17/h2-7,12-13H,8-11,14H2,1H3. The topological polar surface area (TPSA) is 28.9 Å². The maximum Gasteiger partial charge on any atom is 0.134 e. The van der Waals surface area contributed by atoms with Crippen LogP contribution in [0.5, 0.6) is 5.75 Å². The van der Waals surface area contributed by atoms with E-state index < -0.39 is 0 Å². The Balaban J connectivity index is 1.39. The zero-order valence-electron chi connectivity index (χ0n) is 14.2. The lowest BCUT2D eigenvalue weighted by Gasteiger charge is -2.35. The number of rotatable bonds is 4. The molecular formula is C20H21ClN2O2. The number of methoxy groups -OCH3 is 1. The zero-order chi connectivity index (χ0) is 17.2. The van der Waals surface area contributed by atoms with E-state index in [0.717, 1.165) is 60.2 Å². The first-order valence-electron chi connectivity index (χ1n) is 8.50. The van der Waals surface area contributed by atoms with Crippen LogP contribution in [0.4, 0.5) is 5.69 Å². The average molecular weight is 357 g/mol. The highest BCUT2D eigenvalue weighted by Gasteiger charge is 2.18. The fraction of sp³-hybridized carbons (Fsp3) is 0.300. The summed E-state index contributed by atoms with van der Waals surface area (Å²) in [6, 6.07) is 16.1. The molecule has 130 valence electrons. The third kappa shape index (κ3) is 3.60. The van der Waals surface area contributed by atoms with Crippen LogP contribution in [-0.2, 0) is 6.54 Å². The molecule has 1 aliphatic rings. The minimum atomic E-state index is 0.781. The van der Waals surface area contributed by atoms with Crippen molar-refractivity contribution >= 4 is 28.3 Å². The van der Waals surface area contributed by atoms with Crippen LogP contribution < -0.4 is 9.64 Å². The van der Waals surface area contributed by atoms with E-state index in [1.807, 2.05) is 30.3 Å². The van der Waals surface area contributed by atoms with E-state index in [2.05, 4.69) is 28.0 Å². The summed E-state index contributed by atoms with van der Waals surface area (Å²) in [7, 11) is 1.68. The smallest absolute Gasteiger partial charge is 0.134 e. The molecule has 2 aromatic carbocycles. The van der Waals surface area contributed by atoms with Crippen LogP contribution in [0.25, 0.3) is 11.0 Å². The molecule has 4 nitrogen and oxygen atoms in total. The third-order valence-electron chi connectivity index (χ3n) is 4.72. The number of benzene rings is 2. The van der Waals surface area contributed by atoms with Gasteiger partial charge in [-0.15, -0.1) is 0 Å². The summed E-state index contributed by atoms with van der Waals surface area (Å²) in [5, 5.41) is 1.87. The monoisotopic (exact) mass is 356 g/mol. The fourth-order valence-electron chi connectivity index (χ4n) is 3.32. The first-order chi connectivity index (χ1) is 12.2. The molecule has 5 heteroatoms. The molecule has 1 saturated heterocycles. The normalized spacial score (nSPS) is 15.7. The minimum Gasteiger partial charge on any atom is -0.497 e. The van der Waals surface area contributed by atoms with Crippen molar-refractivity contribution in [1.82, 2.24) is 4.90 Å². The molecular weight excluding hydrogens is 336 g/mol. The van der Waals surface area contributed by atoms with Crippen LogP contribution in [0, 0.1) is 0 Å². The average Bonchev–Trinajstić information content (AvgIpc) is 3.04. The second kappa shape index (κ2) is 6.98. The third-order valence-corrected chi connectivity index (χ3v) is 4.97.